The summed E-state index contributed by atoms with van der Waals surface area (Å²) in [5.41, 5.74) is 0. The van der Waals surface area contributed by atoms with Gasteiger partial charge in [-0.2, -0.15) is 0 Å². The average Bonchev–Trinajstić information content (AvgIpc) is 2.48. The molecule has 1 aromatic rings. The van der Waals surface area contributed by atoms with Crippen LogP contribution in [0.2, 0.25) is 0 Å². The fourth-order valence-corrected chi connectivity index (χ4v) is 2.74. The van der Waals surface area contributed by atoms with E-state index in [2.05, 4.69) is 33.2 Å². The maximum Gasteiger partial charge on any atom is 0.140 e. The van der Waals surface area contributed by atoms with E-state index in [9.17, 15) is 0 Å². The maximum atomic E-state index is 4.38. The lowest BCUT2D eigenvalue weighted by molar-refractivity contribution is 0.455. The van der Waals surface area contributed by atoms with Crippen LogP contribution in [0.5, 0.6) is 0 Å². The number of hydrogen-bond donors (Lipinski definition) is 1. The fraction of sp³-hybridized carbons (Fsp3) is 0.615. The van der Waals surface area contributed by atoms with Gasteiger partial charge in [-0.15, -0.1) is 0 Å². The van der Waals surface area contributed by atoms with E-state index in [1.54, 1.807) is 0 Å². The van der Waals surface area contributed by atoms with Crippen molar-refractivity contribution in [2.24, 2.45) is 5.92 Å². The SMILES string of the molecule is CC1CCCCCC1Nc1ncccc1Br. The van der Waals surface area contributed by atoms with E-state index in [-0.39, 0.29) is 0 Å². The molecule has 2 rings (SSSR count). The molecule has 0 bridgehead atoms. The number of rotatable bonds is 2. The first kappa shape index (κ1) is 11.9. The molecule has 1 saturated carbocycles. The van der Waals surface area contributed by atoms with Crippen LogP contribution in [0.25, 0.3) is 0 Å². The van der Waals surface area contributed by atoms with Crippen molar-refractivity contribution < 1.29 is 0 Å². The Hall–Kier alpha value is -0.570. The van der Waals surface area contributed by atoms with Crippen LogP contribution in [-0.2, 0) is 0 Å². The van der Waals surface area contributed by atoms with Gasteiger partial charge in [-0.1, -0.05) is 26.2 Å². The van der Waals surface area contributed by atoms with E-state index in [1.807, 2.05) is 18.3 Å². The predicted molar refractivity (Wildman–Crippen MR) is 71.6 cm³/mol. The number of anilines is 1. The van der Waals surface area contributed by atoms with Gasteiger partial charge >= 0.3 is 0 Å². The second kappa shape index (κ2) is 5.67. The van der Waals surface area contributed by atoms with Crippen molar-refractivity contribution in [3.8, 4) is 0 Å². The zero-order valence-electron chi connectivity index (χ0n) is 9.75. The van der Waals surface area contributed by atoms with Gasteiger partial charge in [0.25, 0.3) is 0 Å². The highest BCUT2D eigenvalue weighted by Gasteiger charge is 2.20. The summed E-state index contributed by atoms with van der Waals surface area (Å²) in [6.45, 7) is 2.35. The third-order valence-corrected chi connectivity index (χ3v) is 4.08. The van der Waals surface area contributed by atoms with Gasteiger partial charge in [-0.05, 0) is 46.8 Å². The Morgan fingerprint density at radius 1 is 1.31 bits per heavy atom. The Balaban J connectivity index is 2.05. The highest BCUT2D eigenvalue weighted by atomic mass is 79.9. The molecule has 0 aromatic carbocycles. The van der Waals surface area contributed by atoms with Gasteiger partial charge in [0.05, 0.1) is 4.47 Å². The lowest BCUT2D eigenvalue weighted by Gasteiger charge is -2.23. The molecule has 16 heavy (non-hydrogen) atoms. The Morgan fingerprint density at radius 2 is 2.12 bits per heavy atom. The van der Waals surface area contributed by atoms with Crippen LogP contribution in [-0.4, -0.2) is 11.0 Å². The Labute approximate surface area is 106 Å². The van der Waals surface area contributed by atoms with E-state index in [0.717, 1.165) is 16.2 Å². The van der Waals surface area contributed by atoms with Crippen LogP contribution in [0, 0.1) is 5.92 Å². The Morgan fingerprint density at radius 3 is 2.94 bits per heavy atom. The van der Waals surface area contributed by atoms with E-state index in [4.69, 9.17) is 0 Å². The minimum atomic E-state index is 0.578. The third-order valence-electron chi connectivity index (χ3n) is 3.44. The molecular formula is C13H19BrN2. The van der Waals surface area contributed by atoms with Crippen molar-refractivity contribution in [3.63, 3.8) is 0 Å². The molecule has 0 aliphatic heterocycles. The monoisotopic (exact) mass is 282 g/mol. The average molecular weight is 283 g/mol. The lowest BCUT2D eigenvalue weighted by Crippen LogP contribution is -2.26. The summed E-state index contributed by atoms with van der Waals surface area (Å²) in [7, 11) is 0. The molecule has 2 nitrogen and oxygen atoms in total. The number of hydrogen-bond acceptors (Lipinski definition) is 2. The molecule has 1 aromatic heterocycles. The van der Waals surface area contributed by atoms with Crippen LogP contribution in [0.4, 0.5) is 5.82 Å². The quantitative estimate of drug-likeness (QED) is 0.822. The largest absolute Gasteiger partial charge is 0.366 e. The van der Waals surface area contributed by atoms with Crippen LogP contribution in [0.1, 0.15) is 39.0 Å². The van der Waals surface area contributed by atoms with Gasteiger partial charge in [0.15, 0.2) is 0 Å². The number of aromatic nitrogens is 1. The first-order chi connectivity index (χ1) is 7.77. The van der Waals surface area contributed by atoms with Gasteiger partial charge in [-0.3, -0.25) is 0 Å². The lowest BCUT2D eigenvalue weighted by atomic mass is 9.97. The molecule has 3 heteroatoms. The molecule has 1 fully saturated rings. The zero-order chi connectivity index (χ0) is 11.4. The third kappa shape index (κ3) is 2.97. The molecule has 88 valence electrons. The predicted octanol–water partition coefficient (Wildman–Crippen LogP) is 4.22. The van der Waals surface area contributed by atoms with E-state index < -0.39 is 0 Å². The van der Waals surface area contributed by atoms with Crippen molar-refractivity contribution in [1.82, 2.24) is 4.98 Å². The second-order valence-corrected chi connectivity index (χ2v) is 5.55. The number of nitrogens with zero attached hydrogens (tertiary/aromatic N) is 1. The molecule has 1 aliphatic rings. The highest BCUT2D eigenvalue weighted by molar-refractivity contribution is 9.10. The smallest absolute Gasteiger partial charge is 0.140 e. The summed E-state index contributed by atoms with van der Waals surface area (Å²) in [5, 5.41) is 3.58. The summed E-state index contributed by atoms with van der Waals surface area (Å²) in [6.07, 6.45) is 8.54. The molecule has 0 spiro atoms. The van der Waals surface area contributed by atoms with E-state index in [0.29, 0.717) is 6.04 Å². The molecule has 2 unspecified atom stereocenters. The maximum absolute atomic E-state index is 4.38. The molecule has 1 heterocycles. The van der Waals surface area contributed by atoms with Crippen molar-refractivity contribution in [1.29, 1.82) is 0 Å². The second-order valence-electron chi connectivity index (χ2n) is 4.70. The summed E-state index contributed by atoms with van der Waals surface area (Å²) in [6, 6.07) is 4.57. The van der Waals surface area contributed by atoms with Crippen LogP contribution in [0.3, 0.4) is 0 Å². The van der Waals surface area contributed by atoms with Crippen LogP contribution >= 0.6 is 15.9 Å². The Kier molecular flexibility index (Phi) is 4.22. The van der Waals surface area contributed by atoms with Gasteiger partial charge in [-0.25, -0.2) is 4.98 Å². The fourth-order valence-electron chi connectivity index (χ4n) is 2.37. The number of nitrogens with one attached hydrogen (secondary N) is 1. The van der Waals surface area contributed by atoms with Gasteiger partial charge in [0.2, 0.25) is 0 Å². The minimum Gasteiger partial charge on any atom is -0.366 e. The van der Waals surface area contributed by atoms with Crippen molar-refractivity contribution in [2.45, 2.75) is 45.1 Å². The first-order valence-corrected chi connectivity index (χ1v) is 6.93. The van der Waals surface area contributed by atoms with Gasteiger partial charge in [0.1, 0.15) is 5.82 Å². The van der Waals surface area contributed by atoms with E-state index in [1.165, 1.54) is 32.1 Å². The molecule has 1 aliphatic carbocycles. The van der Waals surface area contributed by atoms with Gasteiger partial charge in [0, 0.05) is 12.2 Å². The molecule has 1 N–H and O–H groups in total. The normalized spacial score (nSPS) is 26.1. The molecule has 0 amide bonds. The first-order valence-electron chi connectivity index (χ1n) is 6.14. The summed E-state index contributed by atoms with van der Waals surface area (Å²) in [4.78, 5) is 4.38. The topological polar surface area (TPSA) is 24.9 Å². The summed E-state index contributed by atoms with van der Waals surface area (Å²) >= 11 is 3.54. The molecule has 0 radical (unpaired) electrons. The van der Waals surface area contributed by atoms with Crippen molar-refractivity contribution >= 4 is 21.7 Å². The number of halogens is 1. The van der Waals surface area contributed by atoms with Gasteiger partial charge < -0.3 is 5.32 Å². The Bertz CT molecular complexity index is 340. The minimum absolute atomic E-state index is 0.578. The summed E-state index contributed by atoms with van der Waals surface area (Å²) in [5.74, 6) is 1.73. The number of pyridine rings is 1. The zero-order valence-corrected chi connectivity index (χ0v) is 11.3. The van der Waals surface area contributed by atoms with Crippen molar-refractivity contribution in [2.75, 3.05) is 5.32 Å². The van der Waals surface area contributed by atoms with Crippen molar-refractivity contribution in [3.05, 3.63) is 22.8 Å². The van der Waals surface area contributed by atoms with Crippen LogP contribution < -0.4 is 5.32 Å². The molecular weight excluding hydrogens is 264 g/mol. The molecule has 2 atom stereocenters. The summed E-state index contributed by atoms with van der Waals surface area (Å²) < 4.78 is 1.06. The van der Waals surface area contributed by atoms with E-state index >= 15 is 0 Å². The van der Waals surface area contributed by atoms with Crippen LogP contribution in [0.15, 0.2) is 22.8 Å². The molecule has 0 saturated heterocycles. The highest BCUT2D eigenvalue weighted by Crippen LogP contribution is 2.27. The standard InChI is InChI=1S/C13H19BrN2/c1-10-6-3-2-4-8-12(10)16-13-11(14)7-5-9-15-13/h5,7,9-10,12H,2-4,6,8H2,1H3,(H,15,16).